The summed E-state index contributed by atoms with van der Waals surface area (Å²) in [6.45, 7) is 1.09. The maximum absolute atomic E-state index is 13.5. The molecule has 0 aliphatic carbocycles. The van der Waals surface area contributed by atoms with E-state index in [1.54, 1.807) is 25.4 Å². The van der Waals surface area contributed by atoms with Crippen LogP contribution in [-0.4, -0.2) is 19.6 Å². The molecule has 2 rings (SSSR count). The van der Waals surface area contributed by atoms with Crippen molar-refractivity contribution < 1.29 is 8.81 Å². The van der Waals surface area contributed by atoms with E-state index in [-0.39, 0.29) is 29.8 Å². The average molecular weight is 403 g/mol. The zero-order valence-electron chi connectivity index (χ0n) is 11.8. The number of hydrogen-bond donors (Lipinski definition) is 2. The van der Waals surface area contributed by atoms with Gasteiger partial charge in [0.15, 0.2) is 5.96 Å². The number of nitrogens with one attached hydrogen (secondary N) is 2. The maximum Gasteiger partial charge on any atom is 0.191 e. The van der Waals surface area contributed by atoms with Gasteiger partial charge in [-0.15, -0.1) is 24.0 Å². The van der Waals surface area contributed by atoms with Crippen molar-refractivity contribution in [1.82, 2.24) is 10.6 Å². The highest BCUT2D eigenvalue weighted by Gasteiger charge is 2.02. The van der Waals surface area contributed by atoms with Crippen molar-refractivity contribution in [3.63, 3.8) is 0 Å². The molecule has 1 heterocycles. The molecule has 1 aromatic carbocycles. The SMILES string of the molecule is CN=C(NCCc1ccco1)NCc1ccccc1F.I. The molecule has 0 bridgehead atoms. The Bertz CT molecular complexity index is 558. The van der Waals surface area contributed by atoms with Crippen LogP contribution in [0.3, 0.4) is 0 Å². The van der Waals surface area contributed by atoms with Crippen molar-refractivity contribution in [3.05, 3.63) is 59.8 Å². The molecule has 6 heteroatoms. The lowest BCUT2D eigenvalue weighted by Crippen LogP contribution is -2.38. The van der Waals surface area contributed by atoms with Gasteiger partial charge in [-0.2, -0.15) is 0 Å². The zero-order valence-corrected chi connectivity index (χ0v) is 14.1. The van der Waals surface area contributed by atoms with Crippen LogP contribution >= 0.6 is 24.0 Å². The first kappa shape index (κ1) is 17.5. The van der Waals surface area contributed by atoms with Crippen molar-refractivity contribution in [2.45, 2.75) is 13.0 Å². The smallest absolute Gasteiger partial charge is 0.191 e. The Hall–Kier alpha value is -1.57. The number of furan rings is 1. The van der Waals surface area contributed by atoms with Crippen LogP contribution in [0.4, 0.5) is 4.39 Å². The number of halogens is 2. The Morgan fingerprint density at radius 2 is 2.00 bits per heavy atom. The van der Waals surface area contributed by atoms with E-state index in [1.165, 1.54) is 6.07 Å². The van der Waals surface area contributed by atoms with E-state index in [2.05, 4.69) is 15.6 Å². The standard InChI is InChI=1S/C15H18FN3O.HI/c1-17-15(18-9-8-13-6-4-10-20-13)19-11-12-5-2-3-7-14(12)16;/h2-7,10H,8-9,11H2,1H3,(H2,17,18,19);1H. The zero-order chi connectivity index (χ0) is 14.2. The minimum absolute atomic E-state index is 0. The Balaban J connectivity index is 0.00000220. The van der Waals surface area contributed by atoms with Crippen molar-refractivity contribution in [2.24, 2.45) is 4.99 Å². The second-order valence-electron chi connectivity index (χ2n) is 4.27. The second kappa shape index (κ2) is 9.38. The average Bonchev–Trinajstić information content (AvgIpc) is 2.97. The van der Waals surface area contributed by atoms with Crippen molar-refractivity contribution in [3.8, 4) is 0 Å². The van der Waals surface area contributed by atoms with Crippen LogP contribution in [0.25, 0.3) is 0 Å². The fourth-order valence-corrected chi connectivity index (χ4v) is 1.80. The summed E-state index contributed by atoms with van der Waals surface area (Å²) in [6.07, 6.45) is 2.42. The quantitative estimate of drug-likeness (QED) is 0.459. The van der Waals surface area contributed by atoms with Crippen molar-refractivity contribution in [2.75, 3.05) is 13.6 Å². The van der Waals surface area contributed by atoms with Gasteiger partial charge in [-0.3, -0.25) is 4.99 Å². The van der Waals surface area contributed by atoms with Crippen LogP contribution in [0.2, 0.25) is 0 Å². The first-order valence-corrected chi connectivity index (χ1v) is 6.50. The molecule has 4 nitrogen and oxygen atoms in total. The first-order valence-electron chi connectivity index (χ1n) is 6.50. The molecule has 1 aromatic heterocycles. The molecule has 21 heavy (non-hydrogen) atoms. The minimum atomic E-state index is -0.217. The lowest BCUT2D eigenvalue weighted by molar-refractivity contribution is 0.506. The fourth-order valence-electron chi connectivity index (χ4n) is 1.80. The predicted octanol–water partition coefficient (Wildman–Crippen LogP) is 2.94. The molecule has 0 fully saturated rings. The van der Waals surface area contributed by atoms with Gasteiger partial charge in [0.25, 0.3) is 0 Å². The normalized spacial score (nSPS) is 10.9. The summed E-state index contributed by atoms with van der Waals surface area (Å²) in [6, 6.07) is 10.5. The van der Waals surface area contributed by atoms with Crippen LogP contribution in [0.1, 0.15) is 11.3 Å². The third-order valence-corrected chi connectivity index (χ3v) is 2.87. The highest BCUT2D eigenvalue weighted by Crippen LogP contribution is 2.05. The second-order valence-corrected chi connectivity index (χ2v) is 4.27. The van der Waals surface area contributed by atoms with Crippen molar-refractivity contribution >= 4 is 29.9 Å². The van der Waals surface area contributed by atoms with Gasteiger partial charge in [-0.1, -0.05) is 18.2 Å². The van der Waals surface area contributed by atoms with Gasteiger partial charge in [0.1, 0.15) is 11.6 Å². The third-order valence-electron chi connectivity index (χ3n) is 2.87. The largest absolute Gasteiger partial charge is 0.469 e. The highest BCUT2D eigenvalue weighted by molar-refractivity contribution is 14.0. The van der Waals surface area contributed by atoms with E-state index in [4.69, 9.17) is 4.42 Å². The molecule has 0 unspecified atom stereocenters. The van der Waals surface area contributed by atoms with Gasteiger partial charge in [-0.25, -0.2) is 4.39 Å². The van der Waals surface area contributed by atoms with Crippen molar-refractivity contribution in [1.29, 1.82) is 0 Å². The summed E-state index contributed by atoms with van der Waals surface area (Å²) in [7, 11) is 1.68. The number of aliphatic imine (C=N–C) groups is 1. The molecule has 114 valence electrons. The van der Waals surface area contributed by atoms with Gasteiger partial charge in [-0.05, 0) is 18.2 Å². The predicted molar refractivity (Wildman–Crippen MR) is 92.4 cm³/mol. The van der Waals surface area contributed by atoms with E-state index in [0.717, 1.165) is 12.2 Å². The molecule has 0 saturated carbocycles. The minimum Gasteiger partial charge on any atom is -0.469 e. The van der Waals surface area contributed by atoms with Gasteiger partial charge in [0.05, 0.1) is 6.26 Å². The van der Waals surface area contributed by atoms with E-state index in [1.807, 2.05) is 18.2 Å². The van der Waals surface area contributed by atoms with Crippen LogP contribution in [-0.2, 0) is 13.0 Å². The van der Waals surface area contributed by atoms with E-state index in [9.17, 15) is 4.39 Å². The summed E-state index contributed by atoms with van der Waals surface area (Å²) in [5, 5.41) is 6.23. The summed E-state index contributed by atoms with van der Waals surface area (Å²) < 4.78 is 18.7. The molecule has 2 N–H and O–H groups in total. The molecule has 0 radical (unpaired) electrons. The maximum atomic E-state index is 13.5. The number of guanidine groups is 1. The summed E-state index contributed by atoms with van der Waals surface area (Å²) in [5.74, 6) is 1.34. The van der Waals surface area contributed by atoms with E-state index >= 15 is 0 Å². The van der Waals surface area contributed by atoms with E-state index < -0.39 is 0 Å². The van der Waals surface area contributed by atoms with E-state index in [0.29, 0.717) is 24.6 Å². The lowest BCUT2D eigenvalue weighted by atomic mass is 10.2. The summed E-state index contributed by atoms with van der Waals surface area (Å²) in [5.41, 5.74) is 0.612. The molecule has 0 spiro atoms. The monoisotopic (exact) mass is 403 g/mol. The molecule has 0 amide bonds. The highest BCUT2D eigenvalue weighted by atomic mass is 127. The number of nitrogens with zero attached hydrogens (tertiary/aromatic N) is 1. The summed E-state index contributed by atoms with van der Waals surface area (Å²) in [4.78, 5) is 4.09. The Kier molecular flexibility index (Phi) is 7.81. The fraction of sp³-hybridized carbons (Fsp3) is 0.267. The first-order chi connectivity index (χ1) is 9.79. The Labute approximate surface area is 140 Å². The van der Waals surface area contributed by atoms with Crippen LogP contribution < -0.4 is 10.6 Å². The van der Waals surface area contributed by atoms with Gasteiger partial charge in [0.2, 0.25) is 0 Å². The molecule has 0 aliphatic rings. The topological polar surface area (TPSA) is 49.6 Å². The Morgan fingerprint density at radius 1 is 1.19 bits per heavy atom. The van der Waals surface area contributed by atoms with Crippen LogP contribution in [0.15, 0.2) is 52.1 Å². The molecule has 0 aliphatic heterocycles. The molecular weight excluding hydrogens is 384 g/mol. The lowest BCUT2D eigenvalue weighted by Gasteiger charge is -2.11. The molecular formula is C15H19FIN3O. The molecule has 2 aromatic rings. The van der Waals surface area contributed by atoms with Gasteiger partial charge < -0.3 is 15.1 Å². The number of hydrogen-bond acceptors (Lipinski definition) is 2. The molecule has 0 saturated heterocycles. The van der Waals surface area contributed by atoms with Crippen LogP contribution in [0.5, 0.6) is 0 Å². The number of rotatable bonds is 5. The third kappa shape index (κ3) is 5.74. The van der Waals surface area contributed by atoms with Crippen LogP contribution in [0, 0.1) is 5.82 Å². The Morgan fingerprint density at radius 3 is 2.67 bits per heavy atom. The molecule has 0 atom stereocenters. The summed E-state index contributed by atoms with van der Waals surface area (Å²) >= 11 is 0. The van der Waals surface area contributed by atoms with Gasteiger partial charge in [0, 0.05) is 32.1 Å². The van der Waals surface area contributed by atoms with Gasteiger partial charge >= 0.3 is 0 Å². The number of benzene rings is 1.